The van der Waals surface area contributed by atoms with Gasteiger partial charge in [-0.25, -0.2) is 0 Å². The predicted octanol–water partition coefficient (Wildman–Crippen LogP) is 2.91. The summed E-state index contributed by atoms with van der Waals surface area (Å²) in [5.74, 6) is 0. The molecule has 0 aromatic carbocycles. The minimum atomic E-state index is 1.16. The van der Waals surface area contributed by atoms with E-state index in [0.717, 1.165) is 5.52 Å². The van der Waals surface area contributed by atoms with Gasteiger partial charge in [0.15, 0.2) is 0 Å². The largest absolute Gasteiger partial charge is 0.255 e. The maximum Gasteiger partial charge on any atom is 0.0841 e. The van der Waals surface area contributed by atoms with Gasteiger partial charge in [-0.15, -0.1) is 11.3 Å². The first-order chi connectivity index (χ1) is 5.29. The van der Waals surface area contributed by atoms with E-state index in [0.29, 0.717) is 0 Å². The number of nitrogens with zero attached hydrogens (tertiary/aromatic N) is 1. The quantitative estimate of drug-likeness (QED) is 0.582. The summed E-state index contributed by atoms with van der Waals surface area (Å²) in [6, 6.07) is 2.05. The van der Waals surface area contributed by atoms with Crippen LogP contribution in [0, 0.1) is 13.8 Å². The van der Waals surface area contributed by atoms with E-state index in [9.17, 15) is 0 Å². The highest BCUT2D eigenvalue weighted by Gasteiger charge is 2.01. The molecule has 0 aliphatic heterocycles. The first-order valence-electron chi connectivity index (χ1n) is 3.58. The van der Waals surface area contributed by atoms with Crippen molar-refractivity contribution in [2.45, 2.75) is 13.8 Å². The van der Waals surface area contributed by atoms with E-state index in [1.165, 1.54) is 15.8 Å². The Kier molecular flexibility index (Phi) is 1.43. The molecule has 0 spiro atoms. The molecular weight excluding hydrogens is 154 g/mol. The monoisotopic (exact) mass is 163 g/mol. The zero-order valence-corrected chi connectivity index (χ0v) is 7.40. The third kappa shape index (κ3) is 0.942. The van der Waals surface area contributed by atoms with Crippen LogP contribution in [0.2, 0.25) is 0 Å². The highest BCUT2D eigenvalue weighted by atomic mass is 32.1. The van der Waals surface area contributed by atoms with Crippen LogP contribution in [-0.2, 0) is 0 Å². The molecule has 0 saturated heterocycles. The molecule has 1 nitrogen and oxygen atoms in total. The van der Waals surface area contributed by atoms with Crippen molar-refractivity contribution >= 4 is 21.6 Å². The van der Waals surface area contributed by atoms with Gasteiger partial charge in [-0.1, -0.05) is 0 Å². The number of thiophene rings is 1. The van der Waals surface area contributed by atoms with E-state index >= 15 is 0 Å². The lowest BCUT2D eigenvalue weighted by molar-refractivity contribution is 1.36. The van der Waals surface area contributed by atoms with Crippen LogP contribution in [0.4, 0.5) is 0 Å². The van der Waals surface area contributed by atoms with E-state index in [1.54, 1.807) is 11.3 Å². The molecule has 0 fully saturated rings. The number of hydrogen-bond donors (Lipinski definition) is 0. The molecule has 2 heterocycles. The van der Waals surface area contributed by atoms with Crippen LogP contribution in [-0.4, -0.2) is 4.98 Å². The second-order valence-electron chi connectivity index (χ2n) is 2.72. The van der Waals surface area contributed by atoms with Crippen molar-refractivity contribution in [3.05, 3.63) is 28.8 Å². The standard InChI is InChI=1S/C9H9NS/c1-6-3-4-10-8-7(2)5-11-9(6)8/h3-5H,1-2H3. The molecule has 0 radical (unpaired) electrons. The molecular formula is C9H9NS. The van der Waals surface area contributed by atoms with E-state index in [4.69, 9.17) is 0 Å². The van der Waals surface area contributed by atoms with Gasteiger partial charge < -0.3 is 0 Å². The van der Waals surface area contributed by atoms with Gasteiger partial charge in [-0.05, 0) is 36.4 Å². The zero-order valence-electron chi connectivity index (χ0n) is 6.59. The molecule has 0 unspecified atom stereocenters. The van der Waals surface area contributed by atoms with E-state index < -0.39 is 0 Å². The Hall–Kier alpha value is -0.890. The lowest BCUT2D eigenvalue weighted by Crippen LogP contribution is -1.77. The Morgan fingerprint density at radius 2 is 2.09 bits per heavy atom. The molecule has 0 bridgehead atoms. The van der Waals surface area contributed by atoms with Crippen LogP contribution in [0.3, 0.4) is 0 Å². The van der Waals surface area contributed by atoms with Crippen molar-refractivity contribution in [3.63, 3.8) is 0 Å². The van der Waals surface area contributed by atoms with Crippen LogP contribution < -0.4 is 0 Å². The molecule has 56 valence electrons. The Bertz CT molecular complexity index is 389. The molecule has 2 aromatic rings. The molecule has 0 aliphatic rings. The van der Waals surface area contributed by atoms with Gasteiger partial charge in [0, 0.05) is 6.20 Å². The topological polar surface area (TPSA) is 12.9 Å². The van der Waals surface area contributed by atoms with E-state index in [1.807, 2.05) is 6.20 Å². The van der Waals surface area contributed by atoms with Gasteiger partial charge in [0.2, 0.25) is 0 Å². The Morgan fingerprint density at radius 1 is 1.27 bits per heavy atom. The number of pyridine rings is 1. The molecule has 2 rings (SSSR count). The molecule has 0 N–H and O–H groups in total. The van der Waals surface area contributed by atoms with Crippen LogP contribution in [0.5, 0.6) is 0 Å². The second kappa shape index (κ2) is 2.31. The summed E-state index contributed by atoms with van der Waals surface area (Å²) in [5.41, 5.74) is 3.77. The number of hydrogen-bond acceptors (Lipinski definition) is 2. The highest BCUT2D eigenvalue weighted by Crippen LogP contribution is 2.25. The van der Waals surface area contributed by atoms with Crippen molar-refractivity contribution < 1.29 is 0 Å². The highest BCUT2D eigenvalue weighted by molar-refractivity contribution is 7.17. The Labute approximate surface area is 69.7 Å². The van der Waals surface area contributed by atoms with Gasteiger partial charge in [-0.3, -0.25) is 4.98 Å². The van der Waals surface area contributed by atoms with E-state index in [2.05, 4.69) is 30.3 Å². The minimum absolute atomic E-state index is 1.16. The van der Waals surface area contributed by atoms with Crippen LogP contribution in [0.15, 0.2) is 17.6 Å². The van der Waals surface area contributed by atoms with Crippen LogP contribution in [0.25, 0.3) is 10.2 Å². The number of fused-ring (bicyclic) bond motifs is 1. The minimum Gasteiger partial charge on any atom is -0.255 e. The summed E-state index contributed by atoms with van der Waals surface area (Å²) >= 11 is 1.78. The maximum absolute atomic E-state index is 4.31. The summed E-state index contributed by atoms with van der Waals surface area (Å²) in [6.07, 6.45) is 1.87. The third-order valence-electron chi connectivity index (χ3n) is 1.83. The fourth-order valence-electron chi connectivity index (χ4n) is 1.18. The van der Waals surface area contributed by atoms with Crippen molar-refractivity contribution in [1.29, 1.82) is 0 Å². The second-order valence-corrected chi connectivity index (χ2v) is 3.60. The normalized spacial score (nSPS) is 10.7. The molecule has 0 saturated carbocycles. The Balaban J connectivity index is 2.94. The van der Waals surface area contributed by atoms with Gasteiger partial charge in [0.1, 0.15) is 0 Å². The molecule has 0 atom stereocenters. The summed E-state index contributed by atoms with van der Waals surface area (Å²) in [6.45, 7) is 4.23. The van der Waals surface area contributed by atoms with Gasteiger partial charge in [0.05, 0.1) is 10.2 Å². The summed E-state index contributed by atoms with van der Waals surface area (Å²) in [4.78, 5) is 4.31. The van der Waals surface area contributed by atoms with Crippen molar-refractivity contribution in [2.24, 2.45) is 0 Å². The molecule has 0 aliphatic carbocycles. The molecule has 11 heavy (non-hydrogen) atoms. The first-order valence-corrected chi connectivity index (χ1v) is 4.46. The SMILES string of the molecule is Cc1csc2c(C)ccnc12. The average Bonchev–Trinajstić information content (AvgIpc) is 2.35. The van der Waals surface area contributed by atoms with Crippen molar-refractivity contribution in [3.8, 4) is 0 Å². The zero-order chi connectivity index (χ0) is 7.84. The molecule has 2 heteroatoms. The lowest BCUT2D eigenvalue weighted by Gasteiger charge is -1.92. The van der Waals surface area contributed by atoms with E-state index in [-0.39, 0.29) is 0 Å². The third-order valence-corrected chi connectivity index (χ3v) is 3.05. The molecule has 2 aromatic heterocycles. The first kappa shape index (κ1) is 6.80. The van der Waals surface area contributed by atoms with Gasteiger partial charge >= 0.3 is 0 Å². The number of aryl methyl sites for hydroxylation is 2. The van der Waals surface area contributed by atoms with Crippen molar-refractivity contribution in [2.75, 3.05) is 0 Å². The Morgan fingerprint density at radius 3 is 2.82 bits per heavy atom. The fourth-order valence-corrected chi connectivity index (χ4v) is 2.16. The average molecular weight is 163 g/mol. The maximum atomic E-state index is 4.31. The smallest absolute Gasteiger partial charge is 0.0841 e. The number of aromatic nitrogens is 1. The summed E-state index contributed by atoms with van der Waals surface area (Å²) in [5, 5.41) is 2.16. The summed E-state index contributed by atoms with van der Waals surface area (Å²) < 4.78 is 1.32. The van der Waals surface area contributed by atoms with Crippen LogP contribution >= 0.6 is 11.3 Å². The van der Waals surface area contributed by atoms with Crippen molar-refractivity contribution in [1.82, 2.24) is 4.98 Å². The molecule has 0 amide bonds. The lowest BCUT2D eigenvalue weighted by atomic mass is 10.2. The predicted molar refractivity (Wildman–Crippen MR) is 49.1 cm³/mol. The van der Waals surface area contributed by atoms with Crippen LogP contribution in [0.1, 0.15) is 11.1 Å². The summed E-state index contributed by atoms with van der Waals surface area (Å²) in [7, 11) is 0. The fraction of sp³-hybridized carbons (Fsp3) is 0.222. The number of rotatable bonds is 0. The van der Waals surface area contributed by atoms with Gasteiger partial charge in [0.25, 0.3) is 0 Å². The van der Waals surface area contributed by atoms with Gasteiger partial charge in [-0.2, -0.15) is 0 Å².